The molecule has 0 aromatic rings. The minimum atomic E-state index is -1.67. The molecule has 0 bridgehead atoms. The van der Waals surface area contributed by atoms with Gasteiger partial charge in [0.05, 0.1) is 5.70 Å². The third-order valence-electron chi connectivity index (χ3n) is 0.686. The Morgan fingerprint density at radius 3 is 2.00 bits per heavy atom. The molecule has 0 aliphatic heterocycles. The monoisotopic (exact) mass is 201 g/mol. The molecule has 0 aliphatic rings. The maximum Gasteiger partial charge on any atom is 0.230 e. The minimum absolute atomic E-state index is 0.0648. The summed E-state index contributed by atoms with van der Waals surface area (Å²) in [6, 6.07) is 0. The summed E-state index contributed by atoms with van der Waals surface area (Å²) in [5, 5.41) is 0. The van der Waals surface area contributed by atoms with E-state index in [-0.39, 0.29) is 11.5 Å². The highest BCUT2D eigenvalue weighted by Crippen LogP contribution is 2.31. The number of hydrogen-bond acceptors (Lipinski definition) is 2. The molecule has 0 amide bonds. The van der Waals surface area contributed by atoms with Gasteiger partial charge in [0.25, 0.3) is 0 Å². The number of carbonyl (C=O) groups excluding carboxylic acids is 1. The maximum atomic E-state index is 10.4. The number of rotatable bonds is 1. The molecule has 0 saturated heterocycles. The highest BCUT2D eigenvalue weighted by molar-refractivity contribution is 6.69. The quantitative estimate of drug-likeness (QED) is 0.520. The van der Waals surface area contributed by atoms with Gasteiger partial charge in [0.1, 0.15) is 0 Å². The lowest BCUT2D eigenvalue weighted by atomic mass is 10.3. The van der Waals surface area contributed by atoms with Crippen LogP contribution < -0.4 is 5.73 Å². The molecular formula is C5H6Cl3NO. The second kappa shape index (κ2) is 3.46. The van der Waals surface area contributed by atoms with Gasteiger partial charge in [0, 0.05) is 6.08 Å². The summed E-state index contributed by atoms with van der Waals surface area (Å²) in [5.41, 5.74) is 5.13. The van der Waals surface area contributed by atoms with Crippen molar-refractivity contribution in [3.05, 3.63) is 11.8 Å². The predicted molar refractivity (Wildman–Crippen MR) is 43.2 cm³/mol. The molecule has 0 fully saturated rings. The third kappa shape index (κ3) is 3.99. The Balaban J connectivity index is 4.35. The van der Waals surface area contributed by atoms with Crippen LogP contribution in [0.4, 0.5) is 0 Å². The van der Waals surface area contributed by atoms with Crippen LogP contribution in [-0.2, 0) is 4.79 Å². The summed E-state index contributed by atoms with van der Waals surface area (Å²) in [7, 11) is 0. The van der Waals surface area contributed by atoms with E-state index < -0.39 is 3.79 Å². The summed E-state index contributed by atoms with van der Waals surface area (Å²) in [6.07, 6.45) is 1.08. The Kier molecular flexibility index (Phi) is 3.49. The molecule has 5 heteroatoms. The van der Waals surface area contributed by atoms with Crippen molar-refractivity contribution < 1.29 is 4.79 Å². The van der Waals surface area contributed by atoms with Crippen LogP contribution in [0.15, 0.2) is 11.8 Å². The molecule has 0 atom stereocenters. The molecule has 0 aromatic heterocycles. The van der Waals surface area contributed by atoms with E-state index in [4.69, 9.17) is 40.5 Å². The molecule has 2 nitrogen and oxygen atoms in total. The number of ketones is 1. The van der Waals surface area contributed by atoms with Crippen molar-refractivity contribution in [2.24, 2.45) is 5.73 Å². The van der Waals surface area contributed by atoms with Gasteiger partial charge in [-0.2, -0.15) is 0 Å². The summed E-state index contributed by atoms with van der Waals surface area (Å²) in [5.74, 6) is -0.246. The van der Waals surface area contributed by atoms with Crippen LogP contribution in [0, 0.1) is 0 Å². The van der Waals surface area contributed by atoms with Crippen LogP contribution in [0.1, 0.15) is 6.92 Å². The Hall–Kier alpha value is 0.0800. The van der Waals surface area contributed by atoms with Gasteiger partial charge in [-0.25, -0.2) is 0 Å². The first-order valence-corrected chi connectivity index (χ1v) is 3.52. The fraction of sp³-hybridized carbons (Fsp3) is 0.400. The first-order chi connectivity index (χ1) is 4.34. The fourth-order valence-electron chi connectivity index (χ4n) is 0.301. The zero-order chi connectivity index (χ0) is 8.36. The zero-order valence-electron chi connectivity index (χ0n) is 5.20. The standard InChI is InChI=1S/C5H6Cl3NO/c1-3(10)2-4(9)5(6,7)8/h2H,9H2,1H3/b4-2-. The normalized spacial score (nSPS) is 13.4. The molecule has 0 radical (unpaired) electrons. The lowest BCUT2D eigenvalue weighted by Crippen LogP contribution is -2.16. The number of nitrogens with two attached hydrogens (primary N) is 1. The van der Waals surface area contributed by atoms with E-state index in [9.17, 15) is 4.79 Å². The summed E-state index contributed by atoms with van der Waals surface area (Å²) in [4.78, 5) is 10.4. The smallest absolute Gasteiger partial charge is 0.230 e. The Labute approximate surface area is 73.9 Å². The van der Waals surface area contributed by atoms with Crippen molar-refractivity contribution in [2.75, 3.05) is 0 Å². The molecular weight excluding hydrogens is 196 g/mol. The molecule has 0 unspecified atom stereocenters. The van der Waals surface area contributed by atoms with Crippen molar-refractivity contribution in [1.29, 1.82) is 0 Å². The molecule has 0 rings (SSSR count). The Bertz CT molecular complexity index is 170. The lowest BCUT2D eigenvalue weighted by Gasteiger charge is -2.09. The van der Waals surface area contributed by atoms with Gasteiger partial charge in [-0.05, 0) is 6.92 Å². The summed E-state index contributed by atoms with van der Waals surface area (Å²) >= 11 is 15.9. The molecule has 0 saturated carbocycles. The van der Waals surface area contributed by atoms with E-state index in [1.807, 2.05) is 0 Å². The van der Waals surface area contributed by atoms with Gasteiger partial charge in [0.2, 0.25) is 3.79 Å². The first-order valence-electron chi connectivity index (χ1n) is 2.39. The van der Waals surface area contributed by atoms with E-state index in [0.29, 0.717) is 0 Å². The second-order valence-corrected chi connectivity index (χ2v) is 3.99. The maximum absolute atomic E-state index is 10.4. The van der Waals surface area contributed by atoms with Crippen molar-refractivity contribution in [1.82, 2.24) is 0 Å². The van der Waals surface area contributed by atoms with Gasteiger partial charge in [-0.15, -0.1) is 0 Å². The van der Waals surface area contributed by atoms with E-state index in [1.54, 1.807) is 0 Å². The van der Waals surface area contributed by atoms with Crippen LogP contribution in [-0.4, -0.2) is 9.58 Å². The van der Waals surface area contributed by atoms with Crippen LogP contribution in [0.5, 0.6) is 0 Å². The summed E-state index contributed by atoms with van der Waals surface area (Å²) in [6.45, 7) is 1.32. The summed E-state index contributed by atoms with van der Waals surface area (Å²) < 4.78 is -1.67. The number of hydrogen-bond donors (Lipinski definition) is 1. The third-order valence-corrected chi connectivity index (χ3v) is 1.34. The van der Waals surface area contributed by atoms with Gasteiger partial charge in [0.15, 0.2) is 5.78 Å². The molecule has 2 N–H and O–H groups in total. The highest BCUT2D eigenvalue weighted by atomic mass is 35.6. The SMILES string of the molecule is CC(=O)/C=C(\N)C(Cl)(Cl)Cl. The molecule has 58 valence electrons. The van der Waals surface area contributed by atoms with E-state index in [2.05, 4.69) is 0 Å². The Morgan fingerprint density at radius 1 is 1.50 bits per heavy atom. The number of alkyl halides is 3. The van der Waals surface area contributed by atoms with Gasteiger partial charge in [-0.1, -0.05) is 34.8 Å². The average molecular weight is 202 g/mol. The van der Waals surface area contributed by atoms with Crippen molar-refractivity contribution in [2.45, 2.75) is 10.7 Å². The van der Waals surface area contributed by atoms with Crippen molar-refractivity contribution >= 4 is 40.6 Å². The van der Waals surface area contributed by atoms with Crippen LogP contribution in [0.25, 0.3) is 0 Å². The Morgan fingerprint density at radius 2 is 1.90 bits per heavy atom. The van der Waals surface area contributed by atoms with Gasteiger partial charge in [-0.3, -0.25) is 4.79 Å². The van der Waals surface area contributed by atoms with E-state index >= 15 is 0 Å². The molecule has 10 heavy (non-hydrogen) atoms. The van der Waals surface area contributed by atoms with Gasteiger partial charge < -0.3 is 5.73 Å². The topological polar surface area (TPSA) is 43.1 Å². The number of halogens is 3. The molecule has 0 heterocycles. The fourth-order valence-corrected chi connectivity index (χ4v) is 0.464. The van der Waals surface area contributed by atoms with Crippen LogP contribution in [0.2, 0.25) is 0 Å². The molecule has 0 spiro atoms. The number of carbonyl (C=O) groups is 1. The average Bonchev–Trinajstić information content (AvgIpc) is 1.60. The van der Waals surface area contributed by atoms with Crippen molar-refractivity contribution in [3.63, 3.8) is 0 Å². The lowest BCUT2D eigenvalue weighted by molar-refractivity contribution is -0.112. The molecule has 0 aromatic carbocycles. The van der Waals surface area contributed by atoms with Crippen LogP contribution in [0.3, 0.4) is 0 Å². The second-order valence-electron chi connectivity index (χ2n) is 1.71. The number of allylic oxidation sites excluding steroid dienone is 2. The highest BCUT2D eigenvalue weighted by Gasteiger charge is 2.23. The largest absolute Gasteiger partial charge is 0.398 e. The van der Waals surface area contributed by atoms with Gasteiger partial charge >= 0.3 is 0 Å². The van der Waals surface area contributed by atoms with Crippen LogP contribution >= 0.6 is 34.8 Å². The van der Waals surface area contributed by atoms with E-state index in [0.717, 1.165) is 6.08 Å². The predicted octanol–water partition coefficient (Wildman–Crippen LogP) is 1.79. The minimum Gasteiger partial charge on any atom is -0.398 e. The van der Waals surface area contributed by atoms with E-state index in [1.165, 1.54) is 6.92 Å². The zero-order valence-corrected chi connectivity index (χ0v) is 7.46. The van der Waals surface area contributed by atoms with Crippen molar-refractivity contribution in [3.8, 4) is 0 Å². The first kappa shape index (κ1) is 10.1. The molecule has 0 aliphatic carbocycles.